The van der Waals surface area contributed by atoms with Crippen LogP contribution in [0.5, 0.6) is 0 Å². The molecule has 1 unspecified atom stereocenters. The molecule has 0 bridgehead atoms. The van der Waals surface area contributed by atoms with Crippen molar-refractivity contribution in [2.45, 2.75) is 95.7 Å². The average molecular weight is 400 g/mol. The first-order chi connectivity index (χ1) is 14.2. The molecule has 3 amide bonds. The Kier molecular flexibility index (Phi) is 8.84. The molecule has 0 aromatic heterocycles. The van der Waals surface area contributed by atoms with Gasteiger partial charge in [-0.25, -0.2) is 4.79 Å². The number of rotatable bonds is 4. The van der Waals surface area contributed by atoms with Crippen LogP contribution in [0.25, 0.3) is 0 Å². The van der Waals surface area contributed by atoms with Gasteiger partial charge in [0.05, 0.1) is 6.04 Å². The van der Waals surface area contributed by atoms with Crippen LogP contribution in [-0.2, 0) is 11.3 Å². The monoisotopic (exact) mass is 399 g/mol. The molecule has 160 valence electrons. The molecular formula is C24H37N3O2. The van der Waals surface area contributed by atoms with Gasteiger partial charge in [-0.3, -0.25) is 4.79 Å². The molecule has 2 aliphatic rings. The quantitative estimate of drug-likeness (QED) is 0.767. The van der Waals surface area contributed by atoms with Crippen molar-refractivity contribution >= 4 is 11.9 Å². The average Bonchev–Trinajstić information content (AvgIpc) is 3.03. The molecule has 2 N–H and O–H groups in total. The van der Waals surface area contributed by atoms with E-state index in [9.17, 15) is 9.59 Å². The van der Waals surface area contributed by atoms with Crippen molar-refractivity contribution < 1.29 is 9.59 Å². The molecular weight excluding hydrogens is 362 g/mol. The maximum absolute atomic E-state index is 12.6. The fraction of sp³-hybridized carbons (Fsp3) is 0.667. The number of urea groups is 1. The number of amides is 3. The molecule has 29 heavy (non-hydrogen) atoms. The van der Waals surface area contributed by atoms with Crippen LogP contribution in [0.4, 0.5) is 4.79 Å². The zero-order valence-corrected chi connectivity index (χ0v) is 17.7. The van der Waals surface area contributed by atoms with E-state index in [1.165, 1.54) is 57.8 Å². The highest BCUT2D eigenvalue weighted by Crippen LogP contribution is 2.18. The van der Waals surface area contributed by atoms with Gasteiger partial charge in [-0.2, -0.15) is 0 Å². The minimum absolute atomic E-state index is 0.0996. The summed E-state index contributed by atoms with van der Waals surface area (Å²) < 4.78 is 0. The highest BCUT2D eigenvalue weighted by atomic mass is 16.2. The molecule has 1 aromatic rings. The van der Waals surface area contributed by atoms with Crippen LogP contribution >= 0.6 is 0 Å². The summed E-state index contributed by atoms with van der Waals surface area (Å²) in [5, 5.41) is 6.24. The number of nitrogens with zero attached hydrogens (tertiary/aromatic N) is 1. The first-order valence-corrected chi connectivity index (χ1v) is 11.6. The van der Waals surface area contributed by atoms with Gasteiger partial charge in [-0.1, -0.05) is 88.1 Å². The predicted octanol–water partition coefficient (Wildman–Crippen LogP) is 4.76. The van der Waals surface area contributed by atoms with Crippen LogP contribution in [0.1, 0.15) is 82.6 Å². The molecule has 0 spiro atoms. The molecule has 1 atom stereocenters. The summed E-state index contributed by atoms with van der Waals surface area (Å²) in [6, 6.07) is 10.1. The first-order valence-electron chi connectivity index (χ1n) is 11.6. The highest BCUT2D eigenvalue weighted by molar-refractivity contribution is 5.81. The summed E-state index contributed by atoms with van der Waals surface area (Å²) in [6.45, 7) is 1.20. The molecule has 5 nitrogen and oxygen atoms in total. The summed E-state index contributed by atoms with van der Waals surface area (Å²) in [5.41, 5.74) is 1.12. The van der Waals surface area contributed by atoms with E-state index in [0.717, 1.165) is 18.4 Å². The second kappa shape index (κ2) is 11.8. The van der Waals surface area contributed by atoms with Gasteiger partial charge in [-0.15, -0.1) is 0 Å². The van der Waals surface area contributed by atoms with E-state index in [-0.39, 0.29) is 24.0 Å². The molecule has 1 heterocycles. The van der Waals surface area contributed by atoms with E-state index < -0.39 is 0 Å². The number of likely N-dealkylation sites (tertiary alicyclic amines) is 1. The van der Waals surface area contributed by atoms with Crippen LogP contribution in [0.3, 0.4) is 0 Å². The molecule has 1 aromatic carbocycles. The zero-order chi connectivity index (χ0) is 20.3. The minimum atomic E-state index is -0.110. The molecule has 1 saturated heterocycles. The number of nitrogens with one attached hydrogen (secondary N) is 2. The Morgan fingerprint density at radius 3 is 2.00 bits per heavy atom. The third-order valence-corrected chi connectivity index (χ3v) is 6.21. The maximum Gasteiger partial charge on any atom is 0.315 e. The lowest BCUT2D eigenvalue weighted by atomic mass is 9.98. The Morgan fingerprint density at radius 2 is 1.38 bits per heavy atom. The van der Waals surface area contributed by atoms with Crippen molar-refractivity contribution in [3.63, 3.8) is 0 Å². The minimum Gasteiger partial charge on any atom is -0.336 e. The Labute approximate surface area is 175 Å². The van der Waals surface area contributed by atoms with Crippen molar-refractivity contribution in [2.75, 3.05) is 6.54 Å². The zero-order valence-electron chi connectivity index (χ0n) is 17.7. The Morgan fingerprint density at radius 1 is 0.828 bits per heavy atom. The molecule has 5 heteroatoms. The molecule has 1 aliphatic heterocycles. The third kappa shape index (κ3) is 7.71. The van der Waals surface area contributed by atoms with Gasteiger partial charge in [0.1, 0.15) is 0 Å². The smallest absolute Gasteiger partial charge is 0.315 e. The van der Waals surface area contributed by atoms with E-state index >= 15 is 0 Å². The SMILES string of the molecule is O=C(NC1CCCCCCCCCCC1)NC1CC(=O)N(Cc2ccccc2)C1. The molecule has 0 radical (unpaired) electrons. The Hall–Kier alpha value is -2.04. The fourth-order valence-corrected chi connectivity index (χ4v) is 4.55. The number of benzene rings is 1. The van der Waals surface area contributed by atoms with Crippen molar-refractivity contribution in [1.29, 1.82) is 0 Å². The van der Waals surface area contributed by atoms with Crippen molar-refractivity contribution in [3.8, 4) is 0 Å². The van der Waals surface area contributed by atoms with Gasteiger partial charge in [-0.05, 0) is 18.4 Å². The molecule has 3 rings (SSSR count). The summed E-state index contributed by atoms with van der Waals surface area (Å²) in [4.78, 5) is 26.7. The van der Waals surface area contributed by atoms with Crippen LogP contribution < -0.4 is 10.6 Å². The lowest BCUT2D eigenvalue weighted by Crippen LogP contribution is -2.47. The van der Waals surface area contributed by atoms with Gasteiger partial charge < -0.3 is 15.5 Å². The van der Waals surface area contributed by atoms with Crippen LogP contribution in [-0.4, -0.2) is 35.5 Å². The molecule has 2 fully saturated rings. The largest absolute Gasteiger partial charge is 0.336 e. The van der Waals surface area contributed by atoms with Gasteiger partial charge in [0.25, 0.3) is 0 Å². The normalized spacial score (nSPS) is 22.6. The fourth-order valence-electron chi connectivity index (χ4n) is 4.55. The van der Waals surface area contributed by atoms with E-state index in [1.807, 2.05) is 35.2 Å². The summed E-state index contributed by atoms with van der Waals surface area (Å²) in [7, 11) is 0. The second-order valence-electron chi connectivity index (χ2n) is 8.73. The van der Waals surface area contributed by atoms with Crippen molar-refractivity contribution in [1.82, 2.24) is 15.5 Å². The third-order valence-electron chi connectivity index (χ3n) is 6.21. The maximum atomic E-state index is 12.6. The van der Waals surface area contributed by atoms with Gasteiger partial charge in [0, 0.05) is 25.6 Å². The Balaban J connectivity index is 1.43. The van der Waals surface area contributed by atoms with E-state index in [4.69, 9.17) is 0 Å². The second-order valence-corrected chi connectivity index (χ2v) is 8.73. The number of carbonyl (C=O) groups is 2. The lowest BCUT2D eigenvalue weighted by Gasteiger charge is -2.22. The summed E-state index contributed by atoms with van der Waals surface area (Å²) in [5.74, 6) is 0.116. The van der Waals surface area contributed by atoms with Crippen LogP contribution in [0.2, 0.25) is 0 Å². The van der Waals surface area contributed by atoms with Gasteiger partial charge in [0.2, 0.25) is 5.91 Å². The van der Waals surface area contributed by atoms with Gasteiger partial charge >= 0.3 is 6.03 Å². The highest BCUT2D eigenvalue weighted by Gasteiger charge is 2.30. The lowest BCUT2D eigenvalue weighted by molar-refractivity contribution is -0.128. The topological polar surface area (TPSA) is 61.4 Å². The Bertz CT molecular complexity index is 622. The van der Waals surface area contributed by atoms with E-state index in [0.29, 0.717) is 19.5 Å². The molecule has 1 aliphatic carbocycles. The summed E-state index contributed by atoms with van der Waals surface area (Å²) in [6.07, 6.45) is 14.2. The standard InChI is InChI=1S/C24H37N3O2/c28-23-17-22(19-27(23)18-20-13-9-8-10-14-20)26-24(29)25-21-15-11-6-4-2-1-3-5-7-12-16-21/h8-10,13-14,21-22H,1-7,11-12,15-19H2,(H2,25,26,29). The van der Waals surface area contributed by atoms with Gasteiger partial charge in [0.15, 0.2) is 0 Å². The first kappa shape index (κ1) is 21.7. The predicted molar refractivity (Wildman–Crippen MR) is 117 cm³/mol. The summed E-state index contributed by atoms with van der Waals surface area (Å²) >= 11 is 0. The van der Waals surface area contributed by atoms with Crippen molar-refractivity contribution in [2.24, 2.45) is 0 Å². The van der Waals surface area contributed by atoms with Crippen molar-refractivity contribution in [3.05, 3.63) is 35.9 Å². The van der Waals surface area contributed by atoms with Crippen LogP contribution in [0, 0.1) is 0 Å². The number of carbonyl (C=O) groups excluding carboxylic acids is 2. The number of hydrogen-bond donors (Lipinski definition) is 2. The molecule has 1 saturated carbocycles. The van der Waals surface area contributed by atoms with E-state index in [1.54, 1.807) is 0 Å². The number of hydrogen-bond acceptors (Lipinski definition) is 2. The van der Waals surface area contributed by atoms with E-state index in [2.05, 4.69) is 10.6 Å². The van der Waals surface area contributed by atoms with Crippen LogP contribution in [0.15, 0.2) is 30.3 Å².